The number of aromatic nitrogens is 2. The summed E-state index contributed by atoms with van der Waals surface area (Å²) >= 11 is 0. The van der Waals surface area contributed by atoms with Crippen molar-refractivity contribution in [1.82, 2.24) is 9.55 Å². The summed E-state index contributed by atoms with van der Waals surface area (Å²) in [5, 5.41) is 0. The summed E-state index contributed by atoms with van der Waals surface area (Å²) in [5.41, 5.74) is -0.524. The smallest absolute Gasteiger partial charge is 0.359 e. The van der Waals surface area contributed by atoms with E-state index in [2.05, 4.69) is 4.98 Å². The highest BCUT2D eigenvalue weighted by Crippen LogP contribution is 2.19. The number of hydrogen-bond donors (Lipinski definition) is 0. The first-order valence-corrected chi connectivity index (χ1v) is 4.78. The van der Waals surface area contributed by atoms with Crippen molar-refractivity contribution < 1.29 is 13.9 Å². The van der Waals surface area contributed by atoms with E-state index in [-0.39, 0.29) is 12.3 Å². The van der Waals surface area contributed by atoms with Crippen molar-refractivity contribution in [2.75, 3.05) is 6.61 Å². The second-order valence-electron chi connectivity index (χ2n) is 4.15. The Labute approximate surface area is 88.1 Å². The number of carbonyl (C=O) groups is 1. The average molecular weight is 214 g/mol. The zero-order chi connectivity index (χ0) is 11.6. The van der Waals surface area contributed by atoms with Crippen LogP contribution in [0.3, 0.4) is 0 Å². The van der Waals surface area contributed by atoms with Crippen LogP contribution in [0.4, 0.5) is 4.39 Å². The van der Waals surface area contributed by atoms with Crippen LogP contribution in [-0.4, -0.2) is 22.1 Å². The molecular formula is C10H15FN2O2. The minimum Gasteiger partial charge on any atom is -0.461 e. The van der Waals surface area contributed by atoms with Gasteiger partial charge in [-0.2, -0.15) is 4.39 Å². The standard InChI is InChI=1S/C10H15FN2O2/c1-5-15-9(14)7-8(11)12-6-13(7)10(2,3)4/h6H,5H2,1-4H3. The average Bonchev–Trinajstić information content (AvgIpc) is 2.46. The van der Waals surface area contributed by atoms with Gasteiger partial charge >= 0.3 is 5.97 Å². The highest BCUT2D eigenvalue weighted by atomic mass is 19.1. The van der Waals surface area contributed by atoms with Crippen LogP contribution in [0, 0.1) is 5.95 Å². The lowest BCUT2D eigenvalue weighted by molar-refractivity contribution is 0.0500. The van der Waals surface area contributed by atoms with Crippen LogP contribution in [-0.2, 0) is 10.3 Å². The molecule has 1 aromatic rings. The number of hydrogen-bond acceptors (Lipinski definition) is 3. The Kier molecular flexibility index (Phi) is 3.12. The molecule has 0 saturated carbocycles. The van der Waals surface area contributed by atoms with Crippen molar-refractivity contribution in [3.63, 3.8) is 0 Å². The number of halogens is 1. The van der Waals surface area contributed by atoms with Crippen LogP contribution >= 0.6 is 0 Å². The third kappa shape index (κ3) is 2.34. The summed E-state index contributed by atoms with van der Waals surface area (Å²) in [7, 11) is 0. The summed E-state index contributed by atoms with van der Waals surface area (Å²) in [6.07, 6.45) is 1.31. The molecule has 0 fully saturated rings. The van der Waals surface area contributed by atoms with E-state index in [4.69, 9.17) is 4.74 Å². The third-order valence-electron chi connectivity index (χ3n) is 1.91. The Morgan fingerprint density at radius 1 is 1.60 bits per heavy atom. The largest absolute Gasteiger partial charge is 0.461 e. The molecule has 0 amide bonds. The first-order chi connectivity index (χ1) is 6.88. The van der Waals surface area contributed by atoms with Crippen molar-refractivity contribution in [3.05, 3.63) is 18.0 Å². The Bertz CT molecular complexity index is 366. The van der Waals surface area contributed by atoms with E-state index in [1.165, 1.54) is 10.9 Å². The molecule has 4 nitrogen and oxygen atoms in total. The van der Waals surface area contributed by atoms with Crippen molar-refractivity contribution in [1.29, 1.82) is 0 Å². The van der Waals surface area contributed by atoms with Gasteiger partial charge < -0.3 is 9.30 Å². The van der Waals surface area contributed by atoms with Gasteiger partial charge in [-0.1, -0.05) is 0 Å². The topological polar surface area (TPSA) is 44.1 Å². The van der Waals surface area contributed by atoms with Gasteiger partial charge in [-0.15, -0.1) is 0 Å². The highest BCUT2D eigenvalue weighted by Gasteiger charge is 2.26. The second-order valence-corrected chi connectivity index (χ2v) is 4.15. The molecule has 0 aromatic carbocycles. The zero-order valence-electron chi connectivity index (χ0n) is 9.37. The number of imidazole rings is 1. The molecule has 0 aliphatic rings. The summed E-state index contributed by atoms with van der Waals surface area (Å²) in [6, 6.07) is 0. The molecule has 0 aliphatic heterocycles. The quantitative estimate of drug-likeness (QED) is 0.707. The SMILES string of the molecule is CCOC(=O)c1c(F)ncn1C(C)(C)C. The molecule has 5 heteroatoms. The van der Waals surface area contributed by atoms with Gasteiger partial charge in [-0.3, -0.25) is 0 Å². The van der Waals surface area contributed by atoms with E-state index in [1.807, 2.05) is 20.8 Å². The minimum absolute atomic E-state index is 0.121. The van der Waals surface area contributed by atoms with E-state index in [9.17, 15) is 9.18 Å². The number of nitrogens with zero attached hydrogens (tertiary/aromatic N) is 2. The molecule has 0 saturated heterocycles. The maximum absolute atomic E-state index is 13.3. The molecule has 84 valence electrons. The van der Waals surface area contributed by atoms with Gasteiger partial charge in [0, 0.05) is 5.54 Å². The van der Waals surface area contributed by atoms with E-state index in [0.29, 0.717) is 0 Å². The summed E-state index contributed by atoms with van der Waals surface area (Å²) in [5.74, 6) is -1.47. The minimum atomic E-state index is -0.789. The summed E-state index contributed by atoms with van der Waals surface area (Å²) in [6.45, 7) is 7.46. The van der Waals surface area contributed by atoms with Crippen molar-refractivity contribution in [3.8, 4) is 0 Å². The lowest BCUT2D eigenvalue weighted by atomic mass is 10.1. The number of rotatable bonds is 2. The van der Waals surface area contributed by atoms with E-state index in [1.54, 1.807) is 6.92 Å². The Morgan fingerprint density at radius 2 is 2.20 bits per heavy atom. The van der Waals surface area contributed by atoms with Crippen LogP contribution in [0.15, 0.2) is 6.33 Å². The predicted molar refractivity (Wildman–Crippen MR) is 53.1 cm³/mol. The molecule has 1 heterocycles. The van der Waals surface area contributed by atoms with Gasteiger partial charge in [0.1, 0.15) is 0 Å². The zero-order valence-corrected chi connectivity index (χ0v) is 9.37. The number of esters is 1. The van der Waals surface area contributed by atoms with E-state index >= 15 is 0 Å². The monoisotopic (exact) mass is 214 g/mol. The van der Waals surface area contributed by atoms with Crippen LogP contribution in [0.2, 0.25) is 0 Å². The van der Waals surface area contributed by atoms with Crippen molar-refractivity contribution in [2.45, 2.75) is 33.2 Å². The lowest BCUT2D eigenvalue weighted by Gasteiger charge is -2.22. The van der Waals surface area contributed by atoms with Gasteiger partial charge in [0.15, 0.2) is 5.69 Å². The maximum atomic E-state index is 13.3. The summed E-state index contributed by atoms with van der Waals surface area (Å²) in [4.78, 5) is 15.0. The fourth-order valence-electron chi connectivity index (χ4n) is 1.22. The van der Waals surface area contributed by atoms with Gasteiger partial charge in [-0.25, -0.2) is 9.78 Å². The van der Waals surface area contributed by atoms with Crippen LogP contribution in [0.25, 0.3) is 0 Å². The maximum Gasteiger partial charge on any atom is 0.359 e. The second kappa shape index (κ2) is 4.00. The molecule has 0 aliphatic carbocycles. The Hall–Kier alpha value is -1.39. The molecule has 0 atom stereocenters. The molecule has 15 heavy (non-hydrogen) atoms. The molecule has 0 bridgehead atoms. The van der Waals surface area contributed by atoms with Crippen LogP contribution < -0.4 is 0 Å². The summed E-state index contributed by atoms with van der Waals surface area (Å²) < 4.78 is 19.5. The first kappa shape index (κ1) is 11.7. The first-order valence-electron chi connectivity index (χ1n) is 4.78. The van der Waals surface area contributed by atoms with Gasteiger partial charge in [0.2, 0.25) is 5.95 Å². The Morgan fingerprint density at radius 3 is 2.67 bits per heavy atom. The van der Waals surface area contributed by atoms with Crippen LogP contribution in [0.5, 0.6) is 0 Å². The van der Waals surface area contributed by atoms with Gasteiger partial charge in [-0.05, 0) is 27.7 Å². The molecule has 0 unspecified atom stereocenters. The molecular weight excluding hydrogens is 199 g/mol. The molecule has 0 radical (unpaired) electrons. The fraction of sp³-hybridized carbons (Fsp3) is 0.600. The predicted octanol–water partition coefficient (Wildman–Crippen LogP) is 1.95. The lowest BCUT2D eigenvalue weighted by Crippen LogP contribution is -2.26. The fourth-order valence-corrected chi connectivity index (χ4v) is 1.22. The normalized spacial score (nSPS) is 11.5. The molecule has 0 N–H and O–H groups in total. The third-order valence-corrected chi connectivity index (χ3v) is 1.91. The molecule has 1 aromatic heterocycles. The van der Waals surface area contributed by atoms with Gasteiger partial charge in [0.25, 0.3) is 0 Å². The van der Waals surface area contributed by atoms with E-state index in [0.717, 1.165) is 0 Å². The highest BCUT2D eigenvalue weighted by molar-refractivity contribution is 5.87. The Balaban J connectivity index is 3.16. The van der Waals surface area contributed by atoms with Crippen LogP contribution in [0.1, 0.15) is 38.2 Å². The molecule has 1 rings (SSSR count). The van der Waals surface area contributed by atoms with Gasteiger partial charge in [0.05, 0.1) is 12.9 Å². The number of carbonyl (C=O) groups excluding carboxylic acids is 1. The molecule has 0 spiro atoms. The van der Waals surface area contributed by atoms with Crippen molar-refractivity contribution >= 4 is 5.97 Å². The van der Waals surface area contributed by atoms with Crippen molar-refractivity contribution in [2.24, 2.45) is 0 Å². The number of ether oxygens (including phenoxy) is 1. The van der Waals surface area contributed by atoms with E-state index < -0.39 is 17.5 Å².